The highest BCUT2D eigenvalue weighted by Gasteiger charge is 2.23. The molecule has 0 aliphatic heterocycles. The lowest BCUT2D eigenvalue weighted by molar-refractivity contribution is -0.140. The quantitative estimate of drug-likeness (QED) is 0.885. The van der Waals surface area contributed by atoms with Crippen molar-refractivity contribution < 1.29 is 9.90 Å². The summed E-state index contributed by atoms with van der Waals surface area (Å²) in [6, 6.07) is 10.2. The summed E-state index contributed by atoms with van der Waals surface area (Å²) >= 11 is 1.53. The number of hydrogen-bond donors (Lipinski definition) is 1. The molecule has 0 radical (unpaired) electrons. The zero-order chi connectivity index (χ0) is 14.5. The average Bonchev–Trinajstić information content (AvgIpc) is 2.98. The van der Waals surface area contributed by atoms with Crippen LogP contribution in [-0.2, 0) is 4.79 Å². The van der Waals surface area contributed by atoms with E-state index in [1.165, 1.54) is 11.3 Å². The molecule has 106 valence electrons. The first-order valence-electron chi connectivity index (χ1n) is 6.53. The number of carboxylic acid groups (broad SMARTS) is 1. The Morgan fingerprint density at radius 3 is 2.60 bits per heavy atom. The van der Waals surface area contributed by atoms with E-state index >= 15 is 0 Å². The Bertz CT molecular complexity index is 542. The van der Waals surface area contributed by atoms with Gasteiger partial charge in [-0.05, 0) is 12.5 Å². The average molecular weight is 290 g/mol. The molecule has 2 rings (SSSR count). The molecule has 2 atom stereocenters. The maximum Gasteiger partial charge on any atom is 0.308 e. The normalized spacial score (nSPS) is 13.7. The van der Waals surface area contributed by atoms with Crippen LogP contribution in [0.25, 0.3) is 0 Å². The third-order valence-corrected chi connectivity index (χ3v) is 4.12. The molecule has 0 bridgehead atoms. The number of aromatic nitrogens is 1. The molecule has 0 saturated carbocycles. The highest BCUT2D eigenvalue weighted by molar-refractivity contribution is 7.13. The predicted molar refractivity (Wildman–Crippen MR) is 81.1 cm³/mol. The van der Waals surface area contributed by atoms with Crippen LogP contribution in [0.5, 0.6) is 0 Å². The van der Waals surface area contributed by atoms with E-state index in [2.05, 4.69) is 28.9 Å². The summed E-state index contributed by atoms with van der Waals surface area (Å²) in [6.45, 7) is 4.24. The first-order chi connectivity index (χ1) is 9.59. The second-order valence-electron chi connectivity index (χ2n) is 4.79. The molecule has 1 aromatic carbocycles. The minimum absolute atomic E-state index is 0.0872. The third kappa shape index (κ3) is 3.36. The summed E-state index contributed by atoms with van der Waals surface area (Å²) in [7, 11) is 0. The van der Waals surface area contributed by atoms with Gasteiger partial charge in [-0.15, -0.1) is 11.3 Å². The fraction of sp³-hybridized carbons (Fsp3) is 0.333. The highest BCUT2D eigenvalue weighted by Crippen LogP contribution is 2.29. The second-order valence-corrected chi connectivity index (χ2v) is 5.67. The van der Waals surface area contributed by atoms with Crippen LogP contribution >= 0.6 is 11.3 Å². The Balaban J connectivity index is 2.25. The minimum atomic E-state index is -0.785. The predicted octanol–water partition coefficient (Wildman–Crippen LogP) is 3.43. The maximum absolute atomic E-state index is 11.1. The van der Waals surface area contributed by atoms with Gasteiger partial charge in [-0.1, -0.05) is 37.3 Å². The Hall–Kier alpha value is -1.88. The molecule has 0 amide bonds. The summed E-state index contributed by atoms with van der Waals surface area (Å²) in [5, 5.41) is 11.9. The number of thiazole rings is 1. The molecule has 0 aliphatic carbocycles. The summed E-state index contributed by atoms with van der Waals surface area (Å²) in [6.07, 6.45) is 1.75. The summed E-state index contributed by atoms with van der Waals surface area (Å²) in [5.74, 6) is -1.23. The van der Waals surface area contributed by atoms with Crippen molar-refractivity contribution in [2.24, 2.45) is 5.92 Å². The van der Waals surface area contributed by atoms with Crippen molar-refractivity contribution in [3.8, 4) is 0 Å². The standard InChI is InChI=1S/C15H18N2O2S/c1-11(14(18)19)10-17(15-16-8-9-20-15)12(2)13-6-4-3-5-7-13/h3-9,11-12H,10H2,1-2H3,(H,18,19). The van der Waals surface area contributed by atoms with Gasteiger partial charge < -0.3 is 10.0 Å². The molecular formula is C15H18N2O2S. The van der Waals surface area contributed by atoms with Crippen molar-refractivity contribution >= 4 is 22.4 Å². The van der Waals surface area contributed by atoms with Gasteiger partial charge in [0.05, 0.1) is 12.0 Å². The number of carboxylic acids is 1. The van der Waals surface area contributed by atoms with Gasteiger partial charge in [0.1, 0.15) is 0 Å². The number of aliphatic carboxylic acids is 1. The van der Waals surface area contributed by atoms with Crippen LogP contribution in [0, 0.1) is 5.92 Å². The van der Waals surface area contributed by atoms with Gasteiger partial charge in [0.15, 0.2) is 5.13 Å². The monoisotopic (exact) mass is 290 g/mol. The highest BCUT2D eigenvalue weighted by atomic mass is 32.1. The Labute approximate surface area is 122 Å². The van der Waals surface area contributed by atoms with Crippen LogP contribution in [-0.4, -0.2) is 22.6 Å². The van der Waals surface area contributed by atoms with E-state index in [1.807, 2.05) is 23.6 Å². The smallest absolute Gasteiger partial charge is 0.308 e. The molecule has 0 spiro atoms. The molecule has 0 aliphatic rings. The van der Waals surface area contributed by atoms with Gasteiger partial charge in [0.2, 0.25) is 0 Å². The molecule has 20 heavy (non-hydrogen) atoms. The van der Waals surface area contributed by atoms with Crippen molar-refractivity contribution in [2.45, 2.75) is 19.9 Å². The molecule has 1 heterocycles. The van der Waals surface area contributed by atoms with Gasteiger partial charge in [-0.3, -0.25) is 4.79 Å². The van der Waals surface area contributed by atoms with E-state index in [0.29, 0.717) is 6.54 Å². The summed E-state index contributed by atoms with van der Waals surface area (Å²) < 4.78 is 0. The molecule has 2 unspecified atom stereocenters. The van der Waals surface area contributed by atoms with Crippen LogP contribution < -0.4 is 4.90 Å². The topological polar surface area (TPSA) is 53.4 Å². The molecule has 2 aromatic rings. The number of benzene rings is 1. The van der Waals surface area contributed by atoms with Crippen molar-refractivity contribution in [1.82, 2.24) is 4.98 Å². The number of anilines is 1. The zero-order valence-electron chi connectivity index (χ0n) is 11.6. The van der Waals surface area contributed by atoms with E-state index in [4.69, 9.17) is 5.11 Å². The third-order valence-electron chi connectivity index (χ3n) is 3.31. The number of nitrogens with zero attached hydrogens (tertiary/aromatic N) is 2. The van der Waals surface area contributed by atoms with Crippen molar-refractivity contribution in [3.05, 3.63) is 47.5 Å². The van der Waals surface area contributed by atoms with Crippen LogP contribution in [0.1, 0.15) is 25.5 Å². The number of hydrogen-bond acceptors (Lipinski definition) is 4. The fourth-order valence-electron chi connectivity index (χ4n) is 2.04. The second kappa shape index (κ2) is 6.52. The molecule has 0 saturated heterocycles. The molecule has 0 fully saturated rings. The van der Waals surface area contributed by atoms with Crippen LogP contribution in [0.4, 0.5) is 5.13 Å². The molecule has 5 heteroatoms. The van der Waals surface area contributed by atoms with Crippen LogP contribution in [0.15, 0.2) is 41.9 Å². The summed E-state index contributed by atoms with van der Waals surface area (Å²) in [4.78, 5) is 17.5. The van der Waals surface area contributed by atoms with E-state index < -0.39 is 11.9 Å². The van der Waals surface area contributed by atoms with E-state index in [-0.39, 0.29) is 6.04 Å². The first kappa shape index (κ1) is 14.5. The van der Waals surface area contributed by atoms with Gasteiger partial charge in [0, 0.05) is 18.1 Å². The lowest BCUT2D eigenvalue weighted by Gasteiger charge is -2.30. The SMILES string of the molecule is CC(CN(c1nccs1)C(C)c1ccccc1)C(=O)O. The fourth-order valence-corrected chi connectivity index (χ4v) is 2.78. The largest absolute Gasteiger partial charge is 0.481 e. The Morgan fingerprint density at radius 2 is 2.05 bits per heavy atom. The lowest BCUT2D eigenvalue weighted by atomic mass is 10.1. The van der Waals surface area contributed by atoms with E-state index in [9.17, 15) is 4.79 Å². The van der Waals surface area contributed by atoms with Crippen LogP contribution in [0.3, 0.4) is 0 Å². The summed E-state index contributed by atoms with van der Waals surface area (Å²) in [5.41, 5.74) is 1.15. The molecular weight excluding hydrogens is 272 g/mol. The van der Waals surface area contributed by atoms with Gasteiger partial charge in [-0.2, -0.15) is 0 Å². The van der Waals surface area contributed by atoms with Crippen molar-refractivity contribution in [3.63, 3.8) is 0 Å². The van der Waals surface area contributed by atoms with Gasteiger partial charge in [-0.25, -0.2) is 4.98 Å². The first-order valence-corrected chi connectivity index (χ1v) is 7.41. The molecule has 1 aromatic heterocycles. The number of carbonyl (C=O) groups is 1. The molecule has 1 N–H and O–H groups in total. The van der Waals surface area contributed by atoms with Crippen molar-refractivity contribution in [2.75, 3.05) is 11.4 Å². The minimum Gasteiger partial charge on any atom is -0.481 e. The molecule has 4 nitrogen and oxygen atoms in total. The Kier molecular flexibility index (Phi) is 4.74. The lowest BCUT2D eigenvalue weighted by Crippen LogP contribution is -2.34. The van der Waals surface area contributed by atoms with Gasteiger partial charge >= 0.3 is 5.97 Å². The van der Waals surface area contributed by atoms with E-state index in [1.54, 1.807) is 13.1 Å². The van der Waals surface area contributed by atoms with Crippen LogP contribution in [0.2, 0.25) is 0 Å². The van der Waals surface area contributed by atoms with E-state index in [0.717, 1.165) is 10.7 Å². The number of rotatable bonds is 6. The maximum atomic E-state index is 11.1. The Morgan fingerprint density at radius 1 is 1.35 bits per heavy atom. The van der Waals surface area contributed by atoms with Crippen molar-refractivity contribution in [1.29, 1.82) is 0 Å². The van der Waals surface area contributed by atoms with Gasteiger partial charge in [0.25, 0.3) is 0 Å². The zero-order valence-corrected chi connectivity index (χ0v) is 12.4.